The minimum Gasteiger partial charge on any atom is -0.394 e. The molecule has 21 heavy (non-hydrogen) atoms. The van der Waals surface area contributed by atoms with E-state index < -0.39 is 0 Å². The van der Waals surface area contributed by atoms with Crippen LogP contribution in [0.3, 0.4) is 0 Å². The molecule has 1 aliphatic heterocycles. The van der Waals surface area contributed by atoms with Crippen LogP contribution in [0.15, 0.2) is 12.5 Å². The molecule has 2 aromatic heterocycles. The standard InChI is InChI=1S/C13H18ClN7/c1-9-11(15)13(19(2)18-9)21-5-3-20(4-6-21)12-10(14)7-16-8-17-12/h7-8H,3-6,15H2,1-2H3. The predicted molar refractivity (Wildman–Crippen MR) is 83.8 cm³/mol. The zero-order chi connectivity index (χ0) is 15.0. The Kier molecular flexibility index (Phi) is 3.59. The van der Waals surface area contributed by atoms with Crippen LogP contribution in [0.1, 0.15) is 5.69 Å². The van der Waals surface area contributed by atoms with Gasteiger partial charge < -0.3 is 15.5 Å². The molecule has 8 heteroatoms. The zero-order valence-electron chi connectivity index (χ0n) is 12.1. The molecule has 7 nitrogen and oxygen atoms in total. The number of rotatable bonds is 2. The highest BCUT2D eigenvalue weighted by Crippen LogP contribution is 2.28. The largest absolute Gasteiger partial charge is 0.394 e. The first-order chi connectivity index (χ1) is 10.1. The van der Waals surface area contributed by atoms with Gasteiger partial charge in [-0.3, -0.25) is 4.68 Å². The molecule has 3 rings (SSSR count). The molecule has 1 aliphatic rings. The molecule has 0 amide bonds. The van der Waals surface area contributed by atoms with E-state index in [9.17, 15) is 0 Å². The third-order valence-electron chi connectivity index (χ3n) is 3.76. The molecule has 0 aliphatic carbocycles. The fraction of sp³-hybridized carbons (Fsp3) is 0.462. The van der Waals surface area contributed by atoms with Crippen LogP contribution in [-0.4, -0.2) is 45.9 Å². The van der Waals surface area contributed by atoms with Crippen molar-refractivity contribution in [2.24, 2.45) is 7.05 Å². The first-order valence-corrected chi connectivity index (χ1v) is 7.20. The number of nitrogens with two attached hydrogens (primary N) is 1. The second-order valence-corrected chi connectivity index (χ2v) is 5.52. The average molecular weight is 308 g/mol. The second-order valence-electron chi connectivity index (χ2n) is 5.11. The third-order valence-corrected chi connectivity index (χ3v) is 4.03. The number of aryl methyl sites for hydroxylation is 2. The maximum atomic E-state index is 6.15. The number of nitrogens with zero attached hydrogens (tertiary/aromatic N) is 6. The fourth-order valence-electron chi connectivity index (χ4n) is 2.71. The van der Waals surface area contributed by atoms with E-state index in [1.54, 1.807) is 6.20 Å². The molecular formula is C13H18ClN7. The van der Waals surface area contributed by atoms with Gasteiger partial charge in [0.25, 0.3) is 0 Å². The lowest BCUT2D eigenvalue weighted by molar-refractivity contribution is 0.620. The van der Waals surface area contributed by atoms with Crippen LogP contribution < -0.4 is 15.5 Å². The van der Waals surface area contributed by atoms with Crippen molar-refractivity contribution in [3.63, 3.8) is 0 Å². The van der Waals surface area contributed by atoms with Crippen molar-refractivity contribution >= 4 is 28.9 Å². The Morgan fingerprint density at radius 1 is 1.19 bits per heavy atom. The van der Waals surface area contributed by atoms with E-state index in [1.165, 1.54) is 6.33 Å². The van der Waals surface area contributed by atoms with Gasteiger partial charge in [-0.05, 0) is 6.92 Å². The van der Waals surface area contributed by atoms with Gasteiger partial charge in [0, 0.05) is 33.2 Å². The zero-order valence-corrected chi connectivity index (χ0v) is 12.9. The average Bonchev–Trinajstić information content (AvgIpc) is 2.73. The van der Waals surface area contributed by atoms with E-state index in [1.807, 2.05) is 18.7 Å². The molecule has 1 fully saturated rings. The highest BCUT2D eigenvalue weighted by atomic mass is 35.5. The molecular weight excluding hydrogens is 290 g/mol. The summed E-state index contributed by atoms with van der Waals surface area (Å²) in [5.41, 5.74) is 7.75. The molecule has 0 spiro atoms. The van der Waals surface area contributed by atoms with Gasteiger partial charge in [-0.25, -0.2) is 9.97 Å². The summed E-state index contributed by atoms with van der Waals surface area (Å²) in [6.45, 7) is 5.30. The molecule has 0 bridgehead atoms. The molecule has 3 heterocycles. The van der Waals surface area contributed by atoms with Gasteiger partial charge in [-0.15, -0.1) is 0 Å². The van der Waals surface area contributed by atoms with E-state index in [-0.39, 0.29) is 0 Å². The van der Waals surface area contributed by atoms with Crippen molar-refractivity contribution in [3.8, 4) is 0 Å². The molecule has 0 aromatic carbocycles. The Morgan fingerprint density at radius 2 is 1.86 bits per heavy atom. The van der Waals surface area contributed by atoms with E-state index >= 15 is 0 Å². The molecule has 1 saturated heterocycles. The maximum Gasteiger partial charge on any atom is 0.150 e. The van der Waals surface area contributed by atoms with Crippen molar-refractivity contribution in [2.75, 3.05) is 41.7 Å². The predicted octanol–water partition coefficient (Wildman–Crippen LogP) is 1.08. The lowest BCUT2D eigenvalue weighted by Gasteiger charge is -2.36. The van der Waals surface area contributed by atoms with E-state index in [4.69, 9.17) is 17.3 Å². The van der Waals surface area contributed by atoms with Crippen molar-refractivity contribution in [3.05, 3.63) is 23.2 Å². The Balaban J connectivity index is 1.75. The van der Waals surface area contributed by atoms with E-state index in [0.717, 1.165) is 49.2 Å². The Morgan fingerprint density at radius 3 is 2.43 bits per heavy atom. The van der Waals surface area contributed by atoms with E-state index in [2.05, 4.69) is 24.9 Å². The number of anilines is 3. The number of halogens is 1. The summed E-state index contributed by atoms with van der Waals surface area (Å²) >= 11 is 6.15. The molecule has 112 valence electrons. The van der Waals surface area contributed by atoms with Crippen LogP contribution in [0, 0.1) is 6.92 Å². The van der Waals surface area contributed by atoms with Gasteiger partial charge in [-0.1, -0.05) is 11.6 Å². The van der Waals surface area contributed by atoms with Crippen molar-refractivity contribution in [1.82, 2.24) is 19.7 Å². The first kappa shape index (κ1) is 13.9. The molecule has 2 aromatic rings. The summed E-state index contributed by atoms with van der Waals surface area (Å²) in [6, 6.07) is 0. The van der Waals surface area contributed by atoms with Crippen molar-refractivity contribution < 1.29 is 0 Å². The quantitative estimate of drug-likeness (QED) is 0.895. The summed E-state index contributed by atoms with van der Waals surface area (Å²) in [6.07, 6.45) is 3.15. The topological polar surface area (TPSA) is 76.1 Å². The Labute approximate surface area is 128 Å². The SMILES string of the molecule is Cc1nn(C)c(N2CCN(c3ncncc3Cl)CC2)c1N. The molecule has 0 atom stereocenters. The molecule has 0 saturated carbocycles. The number of piperazine rings is 1. The smallest absolute Gasteiger partial charge is 0.150 e. The lowest BCUT2D eigenvalue weighted by atomic mass is 10.3. The minimum absolute atomic E-state index is 0.585. The lowest BCUT2D eigenvalue weighted by Crippen LogP contribution is -2.47. The fourth-order valence-corrected chi connectivity index (χ4v) is 2.93. The molecule has 0 unspecified atom stereocenters. The van der Waals surface area contributed by atoms with Crippen molar-refractivity contribution in [1.29, 1.82) is 0 Å². The third kappa shape index (κ3) is 2.49. The number of hydrogen-bond donors (Lipinski definition) is 1. The summed E-state index contributed by atoms with van der Waals surface area (Å²) in [4.78, 5) is 12.6. The Hall–Kier alpha value is -2.02. The van der Waals surface area contributed by atoms with Gasteiger partial charge in [0.05, 0.1) is 17.6 Å². The number of nitrogen functional groups attached to an aromatic ring is 1. The normalized spacial score (nSPS) is 15.6. The van der Waals surface area contributed by atoms with Gasteiger partial charge in [0.15, 0.2) is 11.6 Å². The van der Waals surface area contributed by atoms with E-state index in [0.29, 0.717) is 5.02 Å². The summed E-state index contributed by atoms with van der Waals surface area (Å²) in [5, 5.41) is 4.96. The minimum atomic E-state index is 0.585. The monoisotopic (exact) mass is 307 g/mol. The molecule has 0 radical (unpaired) electrons. The van der Waals surface area contributed by atoms with Crippen LogP contribution in [0.5, 0.6) is 0 Å². The highest BCUT2D eigenvalue weighted by molar-refractivity contribution is 6.32. The summed E-state index contributed by atoms with van der Waals surface area (Å²) in [5.74, 6) is 1.78. The number of aromatic nitrogens is 4. The first-order valence-electron chi connectivity index (χ1n) is 6.82. The number of hydrogen-bond acceptors (Lipinski definition) is 6. The van der Waals surface area contributed by atoms with Gasteiger partial charge in [0.2, 0.25) is 0 Å². The molecule has 2 N–H and O–H groups in total. The highest BCUT2D eigenvalue weighted by Gasteiger charge is 2.24. The van der Waals surface area contributed by atoms with Crippen LogP contribution >= 0.6 is 11.6 Å². The summed E-state index contributed by atoms with van der Waals surface area (Å²) < 4.78 is 1.85. The van der Waals surface area contributed by atoms with Gasteiger partial charge in [0.1, 0.15) is 11.3 Å². The van der Waals surface area contributed by atoms with Crippen LogP contribution in [0.25, 0.3) is 0 Å². The van der Waals surface area contributed by atoms with Crippen LogP contribution in [-0.2, 0) is 7.05 Å². The van der Waals surface area contributed by atoms with Crippen LogP contribution in [0.4, 0.5) is 17.3 Å². The summed E-state index contributed by atoms with van der Waals surface area (Å²) in [7, 11) is 1.92. The van der Waals surface area contributed by atoms with Gasteiger partial charge in [-0.2, -0.15) is 5.10 Å². The van der Waals surface area contributed by atoms with Crippen LogP contribution in [0.2, 0.25) is 5.02 Å². The maximum absolute atomic E-state index is 6.15. The second kappa shape index (κ2) is 5.40. The van der Waals surface area contributed by atoms with Crippen molar-refractivity contribution in [2.45, 2.75) is 6.92 Å². The Bertz CT molecular complexity index is 646. The van der Waals surface area contributed by atoms with Gasteiger partial charge >= 0.3 is 0 Å².